The molecule has 3 rings (SSSR count). The summed E-state index contributed by atoms with van der Waals surface area (Å²) in [5.74, 6) is 0.443. The lowest BCUT2D eigenvalue weighted by molar-refractivity contribution is 0.135. The zero-order chi connectivity index (χ0) is 18.5. The Morgan fingerprint density at radius 2 is 2.04 bits per heavy atom. The first-order valence-corrected chi connectivity index (χ1v) is 9.36. The van der Waals surface area contributed by atoms with Crippen molar-refractivity contribution in [1.82, 2.24) is 9.97 Å². The van der Waals surface area contributed by atoms with Gasteiger partial charge in [0.2, 0.25) is 0 Å². The van der Waals surface area contributed by atoms with Crippen LogP contribution < -0.4 is 9.47 Å². The molecule has 0 radical (unpaired) electrons. The molecule has 0 aliphatic rings. The molecular weight excluding hydrogens is 427 g/mol. The molecule has 8 heteroatoms. The van der Waals surface area contributed by atoms with Crippen LogP contribution in [0, 0.1) is 5.82 Å². The molecule has 26 heavy (non-hydrogen) atoms. The maximum absolute atomic E-state index is 14.6. The molecule has 138 valence electrons. The van der Waals surface area contributed by atoms with Crippen molar-refractivity contribution in [1.29, 1.82) is 0 Å². The van der Waals surface area contributed by atoms with Crippen LogP contribution in [0.25, 0.3) is 11.0 Å². The summed E-state index contributed by atoms with van der Waals surface area (Å²) >= 11 is 9.18. The number of pyridine rings is 1. The first-order chi connectivity index (χ1) is 12.6. The molecule has 1 aromatic carbocycles. The third kappa shape index (κ3) is 4.28. The lowest BCUT2D eigenvalue weighted by atomic mass is 10.0. The monoisotopic (exact) mass is 442 g/mol. The van der Waals surface area contributed by atoms with Gasteiger partial charge in [-0.1, -0.05) is 27.5 Å². The molecule has 0 fully saturated rings. The van der Waals surface area contributed by atoms with Crippen LogP contribution in [-0.2, 0) is 11.2 Å². The van der Waals surface area contributed by atoms with Crippen molar-refractivity contribution < 1.29 is 18.6 Å². The van der Waals surface area contributed by atoms with E-state index in [0.717, 1.165) is 10.9 Å². The molecule has 1 N–H and O–H groups in total. The van der Waals surface area contributed by atoms with Gasteiger partial charge in [0.1, 0.15) is 23.6 Å². The summed E-state index contributed by atoms with van der Waals surface area (Å²) in [6, 6.07) is 4.79. The Labute approximate surface area is 163 Å². The van der Waals surface area contributed by atoms with E-state index in [0.29, 0.717) is 52.9 Å². The van der Waals surface area contributed by atoms with Gasteiger partial charge >= 0.3 is 0 Å². The summed E-state index contributed by atoms with van der Waals surface area (Å²) in [5, 5.41) is 1.40. The molecule has 0 aliphatic carbocycles. The smallest absolute Gasteiger partial charge is 0.164 e. The number of hydrogen-bond acceptors (Lipinski definition) is 4. The second kappa shape index (κ2) is 8.70. The Bertz CT molecular complexity index is 904. The molecule has 0 aliphatic heterocycles. The van der Waals surface area contributed by atoms with E-state index in [-0.39, 0.29) is 5.82 Å². The standard InChI is InChI=1S/C18H17BrClFN2O3/c1-24-16-5-11(15(21)7-17(16)26-3-2-25-10-19)4-12-8-22-18-14(12)6-13(20)9-23-18/h5-9H,2-4,10H2,1H3,(H,22,23). The van der Waals surface area contributed by atoms with Crippen LogP contribution in [0.2, 0.25) is 5.02 Å². The highest BCUT2D eigenvalue weighted by Crippen LogP contribution is 2.32. The third-order valence-electron chi connectivity index (χ3n) is 3.86. The van der Waals surface area contributed by atoms with Crippen molar-refractivity contribution in [3.05, 3.63) is 52.6 Å². The van der Waals surface area contributed by atoms with Crippen LogP contribution in [0.3, 0.4) is 0 Å². The highest BCUT2D eigenvalue weighted by atomic mass is 79.9. The average Bonchev–Trinajstić information content (AvgIpc) is 3.02. The number of fused-ring (bicyclic) bond motifs is 1. The van der Waals surface area contributed by atoms with Gasteiger partial charge in [-0.3, -0.25) is 0 Å². The van der Waals surface area contributed by atoms with E-state index in [4.69, 9.17) is 25.8 Å². The average molecular weight is 444 g/mol. The van der Waals surface area contributed by atoms with E-state index in [9.17, 15) is 4.39 Å². The summed E-state index contributed by atoms with van der Waals surface area (Å²) in [7, 11) is 1.52. The van der Waals surface area contributed by atoms with Crippen LogP contribution in [0.15, 0.2) is 30.6 Å². The number of rotatable bonds is 8. The molecule has 2 aromatic heterocycles. The van der Waals surface area contributed by atoms with E-state index in [1.54, 1.807) is 12.3 Å². The Morgan fingerprint density at radius 3 is 2.81 bits per heavy atom. The van der Waals surface area contributed by atoms with Crippen molar-refractivity contribution in [2.45, 2.75) is 6.42 Å². The molecular formula is C18H17BrClFN2O3. The number of H-pyrrole nitrogens is 1. The van der Waals surface area contributed by atoms with Gasteiger partial charge in [0.15, 0.2) is 11.5 Å². The first kappa shape index (κ1) is 18.9. The molecule has 0 atom stereocenters. The van der Waals surface area contributed by atoms with E-state index in [1.165, 1.54) is 13.2 Å². The Hall–Kier alpha value is -1.83. The maximum atomic E-state index is 14.6. The highest BCUT2D eigenvalue weighted by molar-refractivity contribution is 9.09. The predicted octanol–water partition coefficient (Wildman–Crippen LogP) is 4.70. The number of hydrogen-bond donors (Lipinski definition) is 1. The lowest BCUT2D eigenvalue weighted by Crippen LogP contribution is -2.07. The van der Waals surface area contributed by atoms with Gasteiger partial charge in [-0.25, -0.2) is 9.37 Å². The topological polar surface area (TPSA) is 56.4 Å². The fourth-order valence-corrected chi connectivity index (χ4v) is 3.02. The molecule has 3 aromatic rings. The fourth-order valence-electron chi connectivity index (χ4n) is 2.63. The van der Waals surface area contributed by atoms with E-state index >= 15 is 0 Å². The number of benzene rings is 1. The molecule has 0 bridgehead atoms. The van der Waals surface area contributed by atoms with Gasteiger partial charge in [0, 0.05) is 30.3 Å². The van der Waals surface area contributed by atoms with Crippen LogP contribution in [0.4, 0.5) is 4.39 Å². The number of aromatic nitrogens is 2. The van der Waals surface area contributed by atoms with Crippen LogP contribution in [-0.4, -0.2) is 35.8 Å². The Morgan fingerprint density at radius 1 is 1.19 bits per heavy atom. The minimum absolute atomic E-state index is 0.299. The first-order valence-electron chi connectivity index (χ1n) is 7.86. The summed E-state index contributed by atoms with van der Waals surface area (Å²) < 4.78 is 30.6. The summed E-state index contributed by atoms with van der Waals surface area (Å²) in [5.41, 5.74) is 2.52. The zero-order valence-corrected chi connectivity index (χ0v) is 16.4. The minimum Gasteiger partial charge on any atom is -0.493 e. The molecule has 5 nitrogen and oxygen atoms in total. The number of methoxy groups -OCH3 is 1. The number of halogens is 3. The predicted molar refractivity (Wildman–Crippen MR) is 102 cm³/mol. The van der Waals surface area contributed by atoms with Gasteiger partial charge in [-0.15, -0.1) is 0 Å². The molecule has 0 amide bonds. The Kier molecular flexibility index (Phi) is 6.34. The van der Waals surface area contributed by atoms with Crippen LogP contribution in [0.1, 0.15) is 11.1 Å². The second-order valence-corrected chi connectivity index (χ2v) is 6.39. The molecule has 0 unspecified atom stereocenters. The quantitative estimate of drug-likeness (QED) is 0.405. The highest BCUT2D eigenvalue weighted by Gasteiger charge is 2.14. The number of aromatic amines is 1. The van der Waals surface area contributed by atoms with Gasteiger partial charge in [-0.05, 0) is 23.3 Å². The molecule has 0 saturated heterocycles. The number of ether oxygens (including phenoxy) is 3. The number of alkyl halides is 1. The van der Waals surface area contributed by atoms with Gasteiger partial charge in [0.05, 0.1) is 18.7 Å². The summed E-state index contributed by atoms with van der Waals surface area (Å²) in [6.07, 6.45) is 3.75. The molecule has 0 saturated carbocycles. The van der Waals surface area contributed by atoms with E-state index in [1.807, 2.05) is 12.3 Å². The van der Waals surface area contributed by atoms with Crippen molar-refractivity contribution in [2.24, 2.45) is 0 Å². The summed E-state index contributed by atoms with van der Waals surface area (Å²) in [4.78, 5) is 7.29. The van der Waals surface area contributed by atoms with Gasteiger partial charge in [-0.2, -0.15) is 0 Å². The second-order valence-electron chi connectivity index (χ2n) is 5.50. The van der Waals surface area contributed by atoms with Crippen molar-refractivity contribution in [2.75, 3.05) is 25.8 Å². The SMILES string of the molecule is COc1cc(Cc2c[nH]c3ncc(Cl)cc23)c(F)cc1OCCOCBr. The van der Waals surface area contributed by atoms with Gasteiger partial charge in [0.25, 0.3) is 0 Å². The van der Waals surface area contributed by atoms with E-state index in [2.05, 4.69) is 25.9 Å². The van der Waals surface area contributed by atoms with Crippen molar-refractivity contribution in [3.63, 3.8) is 0 Å². The number of nitrogens with one attached hydrogen (secondary N) is 1. The normalized spacial score (nSPS) is 11.1. The lowest BCUT2D eigenvalue weighted by Gasteiger charge is -2.13. The maximum Gasteiger partial charge on any atom is 0.164 e. The summed E-state index contributed by atoms with van der Waals surface area (Å²) in [6.45, 7) is 0.689. The van der Waals surface area contributed by atoms with Gasteiger partial charge < -0.3 is 19.2 Å². The van der Waals surface area contributed by atoms with Crippen LogP contribution >= 0.6 is 27.5 Å². The fraction of sp³-hybridized carbons (Fsp3) is 0.278. The minimum atomic E-state index is -0.369. The van der Waals surface area contributed by atoms with E-state index < -0.39 is 0 Å². The zero-order valence-electron chi connectivity index (χ0n) is 14.0. The van der Waals surface area contributed by atoms with Crippen molar-refractivity contribution >= 4 is 38.6 Å². The molecule has 2 heterocycles. The largest absolute Gasteiger partial charge is 0.493 e. The Balaban J connectivity index is 1.84. The van der Waals surface area contributed by atoms with Crippen LogP contribution in [0.5, 0.6) is 11.5 Å². The van der Waals surface area contributed by atoms with Crippen molar-refractivity contribution in [3.8, 4) is 11.5 Å². The molecule has 0 spiro atoms. The third-order valence-corrected chi connectivity index (χ3v) is 4.39. The number of nitrogens with zero attached hydrogens (tertiary/aromatic N) is 1.